The van der Waals surface area contributed by atoms with Crippen LogP contribution < -0.4 is 0 Å². The standard InChI is InChI=1S/C23H17Cl3N2O/c1-13-7-18(28-12-21(13)26)11-20(15-8-16(24)10-17(25)9-15)19-5-4-14-3-2-6-27-22(14)23(19)29/h2-10,12,20,29H,11H2,1H3. The molecular weight excluding hydrogens is 427 g/mol. The first kappa shape index (κ1) is 20.0. The second-order valence-corrected chi connectivity index (χ2v) is 8.24. The molecule has 1 N–H and O–H groups in total. The molecule has 0 aliphatic rings. The minimum absolute atomic E-state index is 0.148. The van der Waals surface area contributed by atoms with Gasteiger partial charge in [0.2, 0.25) is 0 Å². The summed E-state index contributed by atoms with van der Waals surface area (Å²) in [5, 5.41) is 13.6. The SMILES string of the molecule is Cc1cc(CC(c2cc(Cl)cc(Cl)c2)c2ccc3cccnc3c2O)ncc1Cl. The number of hydrogen-bond donors (Lipinski definition) is 1. The van der Waals surface area contributed by atoms with E-state index in [1.807, 2.05) is 49.4 Å². The Labute approximate surface area is 183 Å². The summed E-state index contributed by atoms with van der Waals surface area (Å²) in [6.45, 7) is 1.94. The first-order valence-electron chi connectivity index (χ1n) is 9.06. The molecule has 0 spiro atoms. The van der Waals surface area contributed by atoms with Crippen molar-refractivity contribution in [1.82, 2.24) is 9.97 Å². The van der Waals surface area contributed by atoms with Crippen molar-refractivity contribution in [2.45, 2.75) is 19.3 Å². The van der Waals surface area contributed by atoms with Crippen LogP contribution in [0.25, 0.3) is 10.9 Å². The van der Waals surface area contributed by atoms with E-state index in [2.05, 4.69) is 9.97 Å². The molecule has 4 rings (SSSR count). The van der Waals surface area contributed by atoms with Gasteiger partial charge >= 0.3 is 0 Å². The van der Waals surface area contributed by atoms with Gasteiger partial charge in [0.25, 0.3) is 0 Å². The summed E-state index contributed by atoms with van der Waals surface area (Å²) in [5.41, 5.74) is 3.99. The normalized spacial score (nSPS) is 12.3. The fourth-order valence-corrected chi connectivity index (χ4v) is 4.17. The Balaban J connectivity index is 1.88. The average molecular weight is 444 g/mol. The van der Waals surface area contributed by atoms with Crippen molar-refractivity contribution < 1.29 is 5.11 Å². The molecule has 1 unspecified atom stereocenters. The van der Waals surface area contributed by atoms with Crippen molar-refractivity contribution in [3.63, 3.8) is 0 Å². The van der Waals surface area contributed by atoms with Crippen molar-refractivity contribution in [3.8, 4) is 5.75 Å². The lowest BCUT2D eigenvalue weighted by atomic mass is 9.86. The summed E-state index contributed by atoms with van der Waals surface area (Å²) >= 11 is 18.7. The van der Waals surface area contributed by atoms with Gasteiger partial charge in [-0.1, -0.05) is 53.0 Å². The third-order valence-electron chi connectivity index (χ3n) is 4.96. The fourth-order valence-electron chi connectivity index (χ4n) is 3.53. The lowest BCUT2D eigenvalue weighted by Crippen LogP contribution is -2.08. The van der Waals surface area contributed by atoms with Crippen molar-refractivity contribution >= 4 is 45.7 Å². The third kappa shape index (κ3) is 4.18. The highest BCUT2D eigenvalue weighted by atomic mass is 35.5. The van der Waals surface area contributed by atoms with Crippen LogP contribution in [0.5, 0.6) is 5.75 Å². The summed E-state index contributed by atoms with van der Waals surface area (Å²) in [5.74, 6) is -0.0689. The molecule has 0 fully saturated rings. The van der Waals surface area contributed by atoms with Crippen LogP contribution in [0, 0.1) is 6.92 Å². The van der Waals surface area contributed by atoms with Gasteiger partial charge in [0.05, 0.1) is 5.02 Å². The van der Waals surface area contributed by atoms with E-state index in [4.69, 9.17) is 34.8 Å². The maximum atomic E-state index is 11.0. The first-order valence-corrected chi connectivity index (χ1v) is 10.2. The number of pyridine rings is 2. The summed E-state index contributed by atoms with van der Waals surface area (Å²) in [7, 11) is 0. The van der Waals surface area contributed by atoms with Crippen LogP contribution >= 0.6 is 34.8 Å². The van der Waals surface area contributed by atoms with Crippen LogP contribution in [0.4, 0.5) is 0 Å². The second-order valence-electron chi connectivity index (χ2n) is 6.96. The molecule has 0 amide bonds. The molecule has 146 valence electrons. The number of aryl methyl sites for hydroxylation is 1. The van der Waals surface area contributed by atoms with E-state index in [1.165, 1.54) is 0 Å². The third-order valence-corrected chi connectivity index (χ3v) is 5.79. The van der Waals surface area contributed by atoms with Crippen molar-refractivity contribution in [2.75, 3.05) is 0 Å². The number of aromatic hydroxyl groups is 1. The summed E-state index contributed by atoms with van der Waals surface area (Å²) in [4.78, 5) is 8.82. The first-order chi connectivity index (χ1) is 13.9. The van der Waals surface area contributed by atoms with Gasteiger partial charge < -0.3 is 5.11 Å². The molecule has 3 nitrogen and oxygen atoms in total. The van der Waals surface area contributed by atoms with Crippen molar-refractivity contribution in [2.24, 2.45) is 0 Å². The molecule has 0 saturated carbocycles. The van der Waals surface area contributed by atoms with E-state index < -0.39 is 0 Å². The molecule has 0 saturated heterocycles. The number of hydrogen-bond acceptors (Lipinski definition) is 3. The predicted octanol–water partition coefficient (Wildman–Crippen LogP) is 6.98. The van der Waals surface area contributed by atoms with Gasteiger partial charge in [0, 0.05) is 51.4 Å². The number of aromatic nitrogens is 2. The minimum atomic E-state index is -0.217. The molecule has 29 heavy (non-hydrogen) atoms. The molecule has 6 heteroatoms. The number of phenols is 1. The van der Waals surface area contributed by atoms with Gasteiger partial charge in [-0.05, 0) is 48.4 Å². The Kier molecular flexibility index (Phi) is 5.64. The zero-order valence-electron chi connectivity index (χ0n) is 15.5. The van der Waals surface area contributed by atoms with E-state index in [-0.39, 0.29) is 11.7 Å². The van der Waals surface area contributed by atoms with Gasteiger partial charge in [-0.25, -0.2) is 0 Å². The van der Waals surface area contributed by atoms with E-state index >= 15 is 0 Å². The van der Waals surface area contributed by atoms with E-state index in [1.54, 1.807) is 18.5 Å². The number of fused-ring (bicyclic) bond motifs is 1. The summed E-state index contributed by atoms with van der Waals surface area (Å²) in [6, 6.07) is 15.0. The highest BCUT2D eigenvalue weighted by molar-refractivity contribution is 6.34. The monoisotopic (exact) mass is 442 g/mol. The van der Waals surface area contributed by atoms with Crippen LogP contribution in [0.3, 0.4) is 0 Å². The van der Waals surface area contributed by atoms with E-state index in [9.17, 15) is 5.11 Å². The maximum Gasteiger partial charge on any atom is 0.145 e. The second kappa shape index (κ2) is 8.19. The van der Waals surface area contributed by atoms with Crippen LogP contribution in [-0.4, -0.2) is 15.1 Å². The Morgan fingerprint density at radius 1 is 0.966 bits per heavy atom. The zero-order chi connectivity index (χ0) is 20.5. The Bertz CT molecular complexity index is 1190. The number of nitrogens with zero attached hydrogens (tertiary/aromatic N) is 2. The number of benzene rings is 2. The molecular formula is C23H17Cl3N2O. The summed E-state index contributed by atoms with van der Waals surface area (Å²) < 4.78 is 0. The molecule has 2 aromatic carbocycles. The number of phenolic OH excluding ortho intramolecular Hbond substituents is 1. The van der Waals surface area contributed by atoms with Crippen molar-refractivity contribution in [1.29, 1.82) is 0 Å². The number of rotatable bonds is 4. The molecule has 1 atom stereocenters. The van der Waals surface area contributed by atoms with Gasteiger partial charge in [0.1, 0.15) is 11.3 Å². The van der Waals surface area contributed by atoms with Gasteiger partial charge in [0.15, 0.2) is 0 Å². The topological polar surface area (TPSA) is 46.0 Å². The smallest absolute Gasteiger partial charge is 0.145 e. The van der Waals surface area contributed by atoms with Crippen LogP contribution in [0.1, 0.15) is 28.3 Å². The van der Waals surface area contributed by atoms with E-state index in [0.717, 1.165) is 27.8 Å². The predicted molar refractivity (Wildman–Crippen MR) is 119 cm³/mol. The molecule has 0 aliphatic heterocycles. The van der Waals surface area contributed by atoms with Gasteiger partial charge in [-0.3, -0.25) is 9.97 Å². The Hall–Kier alpha value is -2.33. The lowest BCUT2D eigenvalue weighted by Gasteiger charge is -2.20. The molecule has 4 aromatic rings. The lowest BCUT2D eigenvalue weighted by molar-refractivity contribution is 0.469. The molecule has 0 bridgehead atoms. The molecule has 2 aromatic heterocycles. The quantitative estimate of drug-likeness (QED) is 0.370. The van der Waals surface area contributed by atoms with Gasteiger partial charge in [-0.2, -0.15) is 0 Å². The van der Waals surface area contributed by atoms with Crippen molar-refractivity contribution in [3.05, 3.63) is 98.4 Å². The summed E-state index contributed by atoms with van der Waals surface area (Å²) in [6.07, 6.45) is 3.86. The largest absolute Gasteiger partial charge is 0.505 e. The molecule has 0 aliphatic carbocycles. The Morgan fingerprint density at radius 2 is 1.72 bits per heavy atom. The van der Waals surface area contributed by atoms with Crippen LogP contribution in [0.2, 0.25) is 15.1 Å². The highest BCUT2D eigenvalue weighted by Crippen LogP contribution is 2.39. The molecule has 2 heterocycles. The zero-order valence-corrected chi connectivity index (χ0v) is 17.8. The molecule has 0 radical (unpaired) electrons. The van der Waals surface area contributed by atoms with Crippen LogP contribution in [0.15, 0.2) is 60.9 Å². The Morgan fingerprint density at radius 3 is 2.45 bits per heavy atom. The maximum absolute atomic E-state index is 11.0. The van der Waals surface area contributed by atoms with E-state index in [0.29, 0.717) is 27.0 Å². The highest BCUT2D eigenvalue weighted by Gasteiger charge is 2.22. The fraction of sp³-hybridized carbons (Fsp3) is 0.130. The van der Waals surface area contributed by atoms with Gasteiger partial charge in [-0.15, -0.1) is 0 Å². The average Bonchev–Trinajstić information content (AvgIpc) is 2.69. The number of halogens is 3. The minimum Gasteiger partial charge on any atom is -0.505 e. The van der Waals surface area contributed by atoms with Crippen LogP contribution in [-0.2, 0) is 6.42 Å².